The maximum Gasteiger partial charge on any atom is 0.422 e. The lowest BCUT2D eigenvalue weighted by Crippen LogP contribution is -2.23. The average Bonchev–Trinajstić information content (AvgIpc) is 3.75. The van der Waals surface area contributed by atoms with Crippen LogP contribution in [-0.4, -0.2) is 90.8 Å². The zero-order valence-electron chi connectivity index (χ0n) is 27.2. The van der Waals surface area contributed by atoms with Crippen LogP contribution in [0.1, 0.15) is 11.6 Å². The van der Waals surface area contributed by atoms with Crippen molar-refractivity contribution in [2.75, 3.05) is 34.0 Å². The van der Waals surface area contributed by atoms with Crippen molar-refractivity contribution in [3.8, 4) is 34.1 Å². The van der Waals surface area contributed by atoms with Gasteiger partial charge in [-0.2, -0.15) is 53.5 Å². The first-order chi connectivity index (χ1) is 25.3. The minimum Gasteiger partial charge on any atom is -0.468 e. The number of halogens is 11. The van der Waals surface area contributed by atoms with Crippen molar-refractivity contribution in [1.29, 1.82) is 0 Å². The molecule has 6 heterocycles. The molecule has 0 bridgehead atoms. The van der Waals surface area contributed by atoms with E-state index in [-0.39, 0.29) is 28.4 Å². The van der Waals surface area contributed by atoms with Gasteiger partial charge in [-0.1, -0.05) is 0 Å². The summed E-state index contributed by atoms with van der Waals surface area (Å²) < 4.78 is 162. The van der Waals surface area contributed by atoms with Crippen molar-refractivity contribution in [2.45, 2.75) is 24.4 Å². The molecule has 0 spiro atoms. The molecule has 0 radical (unpaired) electrons. The van der Waals surface area contributed by atoms with Gasteiger partial charge >= 0.3 is 24.4 Å². The topological polar surface area (TPSA) is 136 Å². The van der Waals surface area contributed by atoms with E-state index in [0.717, 1.165) is 30.9 Å². The highest BCUT2D eigenvalue weighted by molar-refractivity contribution is 5.64. The number of nitrogens with zero attached hydrogens (tertiary/aromatic N) is 9. The predicted molar refractivity (Wildman–Crippen MR) is 160 cm³/mol. The van der Waals surface area contributed by atoms with Crippen molar-refractivity contribution < 1.29 is 67.2 Å². The summed E-state index contributed by atoms with van der Waals surface area (Å²) in [6, 6.07) is 9.25. The van der Waals surface area contributed by atoms with Crippen molar-refractivity contribution in [1.82, 2.24) is 44.4 Å². The summed E-state index contributed by atoms with van der Waals surface area (Å²) in [5, 5.41) is 17.9. The van der Waals surface area contributed by atoms with Gasteiger partial charge in [-0.05, 0) is 36.4 Å². The standard InChI is InChI=1S/C16H13F5N4O2.C14H9F6N5O2/c1-26-8-15(17,18)14-24-23-12-4-2-11(7-25(12)14)10-3-5-13(22-6-10)27-9-16(19,20)21;1-26-14(19,20)12-23-22-10-3-2-9(24-25(10)12)7-4-8(15)11(21-5-7)27-6-13(16,17)18/h2-7H,8-9H2,1H3;2-5H,6H2,1H3. The summed E-state index contributed by atoms with van der Waals surface area (Å²) in [5.74, 6) is -7.06. The molecular weight excluding hydrogens is 759 g/mol. The quantitative estimate of drug-likeness (QED) is 0.135. The molecule has 0 atom stereocenters. The molecule has 24 heteroatoms. The molecule has 0 amide bonds. The fourth-order valence-corrected chi connectivity index (χ4v) is 4.39. The summed E-state index contributed by atoms with van der Waals surface area (Å²) in [7, 11) is 1.92. The van der Waals surface area contributed by atoms with Crippen LogP contribution in [0.4, 0.5) is 48.3 Å². The molecule has 6 aromatic heterocycles. The Morgan fingerprint density at radius 1 is 0.648 bits per heavy atom. The number of ether oxygens (including phenoxy) is 4. The summed E-state index contributed by atoms with van der Waals surface area (Å²) in [6.07, 6.45) is -9.24. The van der Waals surface area contributed by atoms with Gasteiger partial charge in [0.15, 0.2) is 30.3 Å². The lowest BCUT2D eigenvalue weighted by Gasteiger charge is -2.13. The van der Waals surface area contributed by atoms with Gasteiger partial charge < -0.3 is 18.9 Å². The molecule has 0 N–H and O–H groups in total. The third kappa shape index (κ3) is 9.41. The molecule has 0 aliphatic rings. The van der Waals surface area contributed by atoms with Gasteiger partial charge in [0.05, 0.1) is 5.69 Å². The Morgan fingerprint density at radius 2 is 1.28 bits per heavy atom. The number of hydrogen-bond donors (Lipinski definition) is 0. The molecule has 54 heavy (non-hydrogen) atoms. The number of alkyl halides is 10. The van der Waals surface area contributed by atoms with Crippen molar-refractivity contribution >= 4 is 11.3 Å². The van der Waals surface area contributed by atoms with E-state index < -0.39 is 67.6 Å². The van der Waals surface area contributed by atoms with Gasteiger partial charge in [0.2, 0.25) is 11.7 Å². The highest BCUT2D eigenvalue weighted by Crippen LogP contribution is 2.30. The van der Waals surface area contributed by atoms with Crippen LogP contribution in [0.15, 0.2) is 61.1 Å². The predicted octanol–water partition coefficient (Wildman–Crippen LogP) is 6.43. The molecule has 288 valence electrons. The first-order valence-corrected chi connectivity index (χ1v) is 14.7. The van der Waals surface area contributed by atoms with Gasteiger partial charge in [-0.3, -0.25) is 4.40 Å². The van der Waals surface area contributed by atoms with E-state index in [0.29, 0.717) is 15.6 Å². The van der Waals surface area contributed by atoms with E-state index in [1.165, 1.54) is 42.7 Å². The van der Waals surface area contributed by atoms with Crippen LogP contribution in [0.25, 0.3) is 33.7 Å². The number of hydrogen-bond acceptors (Lipinski definition) is 11. The minimum absolute atomic E-state index is 0.00846. The Morgan fingerprint density at radius 3 is 1.91 bits per heavy atom. The molecule has 0 aliphatic carbocycles. The fraction of sp³-hybridized carbons (Fsp3) is 0.300. The smallest absolute Gasteiger partial charge is 0.422 e. The Bertz CT molecular complexity index is 2210. The molecule has 0 fully saturated rings. The van der Waals surface area contributed by atoms with Crippen LogP contribution in [0.3, 0.4) is 0 Å². The minimum atomic E-state index is -4.66. The zero-order chi connectivity index (χ0) is 39.5. The highest BCUT2D eigenvalue weighted by atomic mass is 19.4. The number of fused-ring (bicyclic) bond motifs is 2. The molecule has 0 saturated heterocycles. The van der Waals surface area contributed by atoms with Gasteiger partial charge in [0.25, 0.3) is 11.7 Å². The fourth-order valence-electron chi connectivity index (χ4n) is 4.39. The molecule has 0 aliphatic heterocycles. The molecule has 6 rings (SSSR count). The van der Waals surface area contributed by atoms with E-state index >= 15 is 0 Å². The largest absolute Gasteiger partial charge is 0.468 e. The summed E-state index contributed by atoms with van der Waals surface area (Å²) in [6.45, 7) is -4.02. The average molecular weight is 782 g/mol. The van der Waals surface area contributed by atoms with Crippen molar-refractivity contribution in [3.63, 3.8) is 0 Å². The van der Waals surface area contributed by atoms with Crippen molar-refractivity contribution in [2.24, 2.45) is 0 Å². The second kappa shape index (κ2) is 15.3. The second-order valence-corrected chi connectivity index (χ2v) is 10.7. The lowest BCUT2D eigenvalue weighted by molar-refractivity contribution is -0.238. The molecule has 0 aromatic carbocycles. The third-order valence-corrected chi connectivity index (χ3v) is 6.76. The van der Waals surface area contributed by atoms with Crippen LogP contribution in [0.5, 0.6) is 11.8 Å². The van der Waals surface area contributed by atoms with Crippen molar-refractivity contribution in [3.05, 3.63) is 78.5 Å². The molecule has 0 saturated carbocycles. The van der Waals surface area contributed by atoms with Gasteiger partial charge in [-0.15, -0.1) is 20.4 Å². The van der Waals surface area contributed by atoms with E-state index in [1.807, 2.05) is 0 Å². The highest BCUT2D eigenvalue weighted by Gasteiger charge is 2.39. The van der Waals surface area contributed by atoms with Crippen LogP contribution in [0.2, 0.25) is 0 Å². The maximum absolute atomic E-state index is 14.1. The van der Waals surface area contributed by atoms with E-state index in [2.05, 4.69) is 54.4 Å². The maximum atomic E-state index is 14.1. The lowest BCUT2D eigenvalue weighted by atomic mass is 10.1. The second-order valence-electron chi connectivity index (χ2n) is 10.7. The van der Waals surface area contributed by atoms with Crippen LogP contribution < -0.4 is 9.47 Å². The molecule has 13 nitrogen and oxygen atoms in total. The number of pyridine rings is 3. The first-order valence-electron chi connectivity index (χ1n) is 14.7. The van der Waals surface area contributed by atoms with Gasteiger partial charge in [0.1, 0.15) is 6.61 Å². The Hall–Kier alpha value is -5.78. The van der Waals surface area contributed by atoms with Gasteiger partial charge in [-0.25, -0.2) is 14.4 Å². The SMILES string of the molecule is COC(F)(F)c1nnc2ccc(-c3cnc(OCC(F)(F)F)c(F)c3)nn12.COCC(F)(F)c1nnc2ccc(-c3ccc(OCC(F)(F)F)nc3)cn12. The summed E-state index contributed by atoms with van der Waals surface area (Å²) >= 11 is 0. The first kappa shape index (κ1) is 39.4. The molecular formula is C30H22F11N9O4. The van der Waals surface area contributed by atoms with Crippen LogP contribution in [0, 0.1) is 5.82 Å². The number of methoxy groups -OCH3 is 2. The summed E-state index contributed by atoms with van der Waals surface area (Å²) in [5.41, 5.74) is 1.17. The monoisotopic (exact) mass is 781 g/mol. The Kier molecular flexibility index (Phi) is 11.2. The van der Waals surface area contributed by atoms with E-state index in [9.17, 15) is 48.3 Å². The third-order valence-electron chi connectivity index (χ3n) is 6.76. The molecule has 0 unspecified atom stereocenters. The van der Waals surface area contributed by atoms with E-state index in [1.54, 1.807) is 6.07 Å². The molecule has 6 aromatic rings. The van der Waals surface area contributed by atoms with Crippen LogP contribution in [-0.2, 0) is 21.5 Å². The zero-order valence-corrected chi connectivity index (χ0v) is 27.2. The van der Waals surface area contributed by atoms with E-state index in [4.69, 9.17) is 0 Å². The number of rotatable bonds is 11. The van der Waals surface area contributed by atoms with Gasteiger partial charge in [0, 0.05) is 55.6 Å². The Balaban J connectivity index is 0.000000208. The summed E-state index contributed by atoms with van der Waals surface area (Å²) in [4.78, 5) is 7.26. The number of aromatic nitrogens is 9. The Labute approximate surface area is 294 Å². The normalized spacial score (nSPS) is 12.5. The van der Waals surface area contributed by atoms with Crippen LogP contribution >= 0.6 is 0 Å².